The highest BCUT2D eigenvalue weighted by Gasteiger charge is 2.28. The van der Waals surface area contributed by atoms with E-state index in [9.17, 15) is 18.0 Å². The van der Waals surface area contributed by atoms with E-state index in [1.165, 1.54) is 0 Å². The molecule has 39 heavy (non-hydrogen) atoms. The standard InChI is InChI=1S/C30H38N4O4S/c31-27(15-7-8-18-32-39(37,38)26-17-16-24-13-5-6-14-25(24)22-26)29(35)33-28(21-23-11-3-1-4-12-23)30(36)34-19-9-2-10-20-34/h1,3-6,11-14,16-17,22,27-28,32H,2,7-10,15,18-21,31H2,(H,33,35). The molecule has 0 saturated carbocycles. The van der Waals surface area contributed by atoms with Gasteiger partial charge in [0, 0.05) is 26.1 Å². The second-order valence-electron chi connectivity index (χ2n) is 10.1. The van der Waals surface area contributed by atoms with Crippen molar-refractivity contribution < 1.29 is 18.0 Å². The van der Waals surface area contributed by atoms with Gasteiger partial charge in [-0.2, -0.15) is 0 Å². The van der Waals surface area contributed by atoms with Crippen molar-refractivity contribution in [2.45, 2.75) is 61.9 Å². The molecule has 1 fully saturated rings. The maximum Gasteiger partial charge on any atom is 0.245 e. The van der Waals surface area contributed by atoms with Gasteiger partial charge in [-0.1, -0.05) is 67.1 Å². The van der Waals surface area contributed by atoms with Crippen LogP contribution in [0.15, 0.2) is 77.7 Å². The average molecular weight is 551 g/mol. The van der Waals surface area contributed by atoms with Crippen LogP contribution in [-0.4, -0.2) is 56.9 Å². The number of benzene rings is 3. The van der Waals surface area contributed by atoms with Gasteiger partial charge in [-0.3, -0.25) is 9.59 Å². The minimum Gasteiger partial charge on any atom is -0.343 e. The zero-order valence-corrected chi connectivity index (χ0v) is 23.0. The first-order chi connectivity index (χ1) is 18.8. The molecule has 3 aromatic carbocycles. The van der Waals surface area contributed by atoms with E-state index in [2.05, 4.69) is 10.0 Å². The number of hydrogen-bond acceptors (Lipinski definition) is 5. The van der Waals surface area contributed by atoms with Crippen molar-refractivity contribution in [2.24, 2.45) is 5.73 Å². The van der Waals surface area contributed by atoms with E-state index in [0.717, 1.165) is 35.6 Å². The van der Waals surface area contributed by atoms with Gasteiger partial charge in [0.15, 0.2) is 0 Å². The first-order valence-electron chi connectivity index (χ1n) is 13.7. The van der Waals surface area contributed by atoms with Gasteiger partial charge < -0.3 is 16.0 Å². The Hall–Kier alpha value is -3.27. The highest BCUT2D eigenvalue weighted by Crippen LogP contribution is 2.19. The molecule has 4 N–H and O–H groups in total. The normalized spacial score (nSPS) is 15.6. The van der Waals surface area contributed by atoms with Gasteiger partial charge >= 0.3 is 0 Å². The van der Waals surface area contributed by atoms with Crippen molar-refractivity contribution in [3.63, 3.8) is 0 Å². The molecule has 0 aliphatic carbocycles. The number of carbonyl (C=O) groups is 2. The molecule has 1 heterocycles. The van der Waals surface area contributed by atoms with Crippen molar-refractivity contribution in [3.05, 3.63) is 78.4 Å². The number of likely N-dealkylation sites (tertiary alicyclic amines) is 1. The van der Waals surface area contributed by atoms with Crippen LogP contribution < -0.4 is 15.8 Å². The summed E-state index contributed by atoms with van der Waals surface area (Å²) in [7, 11) is -3.64. The fraction of sp³-hybridized carbons (Fsp3) is 0.400. The Kier molecular flexibility index (Phi) is 10.1. The quantitative estimate of drug-likeness (QED) is 0.299. The molecule has 1 saturated heterocycles. The number of piperidine rings is 1. The van der Waals surface area contributed by atoms with Gasteiger partial charge in [0.05, 0.1) is 10.9 Å². The first kappa shape index (κ1) is 28.7. The minimum atomic E-state index is -3.64. The number of unbranched alkanes of at least 4 members (excludes halogenated alkanes) is 1. The number of rotatable bonds is 12. The van der Waals surface area contributed by atoms with Gasteiger partial charge in [-0.15, -0.1) is 0 Å². The maximum absolute atomic E-state index is 13.2. The second-order valence-corrected chi connectivity index (χ2v) is 11.9. The number of nitrogens with zero attached hydrogens (tertiary/aromatic N) is 1. The van der Waals surface area contributed by atoms with Gasteiger partial charge in [-0.05, 0) is 60.6 Å². The maximum atomic E-state index is 13.2. The molecule has 1 aliphatic heterocycles. The number of nitrogens with one attached hydrogen (secondary N) is 2. The summed E-state index contributed by atoms with van der Waals surface area (Å²) in [6.07, 6.45) is 4.96. The van der Waals surface area contributed by atoms with Gasteiger partial charge in [0.1, 0.15) is 6.04 Å². The van der Waals surface area contributed by atoms with Crippen LogP contribution in [0, 0.1) is 0 Å². The summed E-state index contributed by atoms with van der Waals surface area (Å²) in [4.78, 5) is 28.2. The molecule has 0 bridgehead atoms. The lowest BCUT2D eigenvalue weighted by Gasteiger charge is -2.31. The van der Waals surface area contributed by atoms with E-state index < -0.39 is 22.1 Å². The molecular weight excluding hydrogens is 512 g/mol. The summed E-state index contributed by atoms with van der Waals surface area (Å²) in [6.45, 7) is 1.66. The lowest BCUT2D eigenvalue weighted by Crippen LogP contribution is -2.54. The summed E-state index contributed by atoms with van der Waals surface area (Å²) >= 11 is 0. The first-order valence-corrected chi connectivity index (χ1v) is 15.2. The summed E-state index contributed by atoms with van der Waals surface area (Å²) < 4.78 is 28.1. The Balaban J connectivity index is 1.26. The Bertz CT molecular complexity index is 1360. The Labute approximate surface area is 231 Å². The van der Waals surface area contributed by atoms with Gasteiger partial charge in [-0.25, -0.2) is 13.1 Å². The third kappa shape index (κ3) is 8.11. The number of carbonyl (C=O) groups excluding carboxylic acids is 2. The Morgan fingerprint density at radius 1 is 0.872 bits per heavy atom. The zero-order chi connectivity index (χ0) is 27.7. The van der Waals surface area contributed by atoms with Crippen LogP contribution in [0.3, 0.4) is 0 Å². The number of nitrogens with two attached hydrogens (primary N) is 1. The van der Waals surface area contributed by atoms with E-state index in [1.807, 2.05) is 59.5 Å². The van der Waals surface area contributed by atoms with Crippen LogP contribution in [0.25, 0.3) is 10.8 Å². The van der Waals surface area contributed by atoms with E-state index in [4.69, 9.17) is 5.73 Å². The molecule has 3 aromatic rings. The lowest BCUT2D eigenvalue weighted by atomic mass is 10.0. The Morgan fingerprint density at radius 3 is 2.31 bits per heavy atom. The fourth-order valence-electron chi connectivity index (χ4n) is 4.91. The van der Waals surface area contributed by atoms with Crippen LogP contribution >= 0.6 is 0 Å². The molecule has 2 amide bonds. The van der Waals surface area contributed by atoms with E-state index >= 15 is 0 Å². The minimum absolute atomic E-state index is 0.0674. The van der Waals surface area contributed by atoms with E-state index in [0.29, 0.717) is 38.8 Å². The van der Waals surface area contributed by atoms with Gasteiger partial charge in [0.25, 0.3) is 0 Å². The van der Waals surface area contributed by atoms with Gasteiger partial charge in [0.2, 0.25) is 21.8 Å². The third-order valence-corrected chi connectivity index (χ3v) is 8.63. The average Bonchev–Trinajstić information content (AvgIpc) is 2.96. The van der Waals surface area contributed by atoms with Crippen LogP contribution in [0.1, 0.15) is 44.1 Å². The predicted molar refractivity (Wildman–Crippen MR) is 153 cm³/mol. The van der Waals surface area contributed by atoms with Crippen molar-refractivity contribution in [2.75, 3.05) is 19.6 Å². The molecule has 8 nitrogen and oxygen atoms in total. The lowest BCUT2D eigenvalue weighted by molar-refractivity contribution is -0.137. The zero-order valence-electron chi connectivity index (χ0n) is 22.2. The largest absolute Gasteiger partial charge is 0.343 e. The smallest absolute Gasteiger partial charge is 0.245 e. The summed E-state index contributed by atoms with van der Waals surface area (Å²) in [5.41, 5.74) is 7.15. The molecule has 2 atom stereocenters. The summed E-state index contributed by atoms with van der Waals surface area (Å²) in [6, 6.07) is 20.8. The van der Waals surface area contributed by atoms with Crippen molar-refractivity contribution in [1.82, 2.24) is 14.9 Å². The molecule has 0 radical (unpaired) electrons. The highest BCUT2D eigenvalue weighted by molar-refractivity contribution is 7.89. The monoisotopic (exact) mass is 550 g/mol. The number of amides is 2. The van der Waals surface area contributed by atoms with Crippen LogP contribution in [0.5, 0.6) is 0 Å². The molecule has 0 aromatic heterocycles. The molecular formula is C30H38N4O4S. The molecule has 208 valence electrons. The highest BCUT2D eigenvalue weighted by atomic mass is 32.2. The topological polar surface area (TPSA) is 122 Å². The summed E-state index contributed by atoms with van der Waals surface area (Å²) in [5.74, 6) is -0.430. The molecule has 9 heteroatoms. The van der Waals surface area contributed by atoms with E-state index in [1.54, 1.807) is 18.2 Å². The third-order valence-electron chi connectivity index (χ3n) is 7.17. The number of sulfonamides is 1. The van der Waals surface area contributed by atoms with Crippen molar-refractivity contribution >= 4 is 32.6 Å². The molecule has 0 spiro atoms. The van der Waals surface area contributed by atoms with Crippen LogP contribution in [0.2, 0.25) is 0 Å². The molecule has 2 unspecified atom stereocenters. The number of hydrogen-bond donors (Lipinski definition) is 3. The fourth-order valence-corrected chi connectivity index (χ4v) is 6.02. The number of fused-ring (bicyclic) bond motifs is 1. The van der Waals surface area contributed by atoms with Crippen molar-refractivity contribution in [3.8, 4) is 0 Å². The van der Waals surface area contributed by atoms with E-state index in [-0.39, 0.29) is 23.3 Å². The van der Waals surface area contributed by atoms with Crippen LogP contribution in [-0.2, 0) is 26.0 Å². The van der Waals surface area contributed by atoms with Crippen molar-refractivity contribution in [1.29, 1.82) is 0 Å². The predicted octanol–water partition coefficient (Wildman–Crippen LogP) is 3.36. The second kappa shape index (κ2) is 13.7. The summed E-state index contributed by atoms with van der Waals surface area (Å²) in [5, 5.41) is 4.74. The molecule has 4 rings (SSSR count). The molecule has 1 aliphatic rings. The Morgan fingerprint density at radius 2 is 1.56 bits per heavy atom. The SMILES string of the molecule is NC(CCCCNS(=O)(=O)c1ccc2ccccc2c1)C(=O)NC(Cc1ccccc1)C(=O)N1CCCCC1. The van der Waals surface area contributed by atoms with Crippen LogP contribution in [0.4, 0.5) is 0 Å².